The average molecular weight is 249 g/mol. The van der Waals surface area contributed by atoms with Crippen LogP contribution >= 0.6 is 0 Å². The molecule has 1 fully saturated rings. The summed E-state index contributed by atoms with van der Waals surface area (Å²) >= 11 is 0. The number of hydrogen-bond acceptors (Lipinski definition) is 4. The van der Waals surface area contributed by atoms with E-state index in [-0.39, 0.29) is 23.3 Å². The lowest BCUT2D eigenvalue weighted by molar-refractivity contribution is -0.383. The van der Waals surface area contributed by atoms with E-state index in [9.17, 15) is 14.9 Å². The van der Waals surface area contributed by atoms with Crippen LogP contribution in [0.1, 0.15) is 30.1 Å². The summed E-state index contributed by atoms with van der Waals surface area (Å²) in [5, 5.41) is 13.5. The van der Waals surface area contributed by atoms with Gasteiger partial charge in [0.15, 0.2) is 0 Å². The van der Waals surface area contributed by atoms with Gasteiger partial charge >= 0.3 is 0 Å². The Labute approximate surface area is 104 Å². The number of carbonyl (C=O) groups excluding carboxylic acids is 1. The van der Waals surface area contributed by atoms with E-state index in [1.165, 1.54) is 18.2 Å². The molecule has 0 radical (unpaired) electrons. The molecule has 6 heteroatoms. The summed E-state index contributed by atoms with van der Waals surface area (Å²) < 4.78 is 0. The maximum Gasteiger partial charge on any atom is 0.292 e. The summed E-state index contributed by atoms with van der Waals surface area (Å²) in [6.07, 6.45) is 1.96. The minimum absolute atomic E-state index is 0.00891. The summed E-state index contributed by atoms with van der Waals surface area (Å²) in [7, 11) is 0. The van der Waals surface area contributed by atoms with Crippen LogP contribution in [0.15, 0.2) is 18.2 Å². The molecule has 0 atom stereocenters. The Kier molecular flexibility index (Phi) is 3.18. The molecule has 0 heterocycles. The normalized spacial score (nSPS) is 22.1. The van der Waals surface area contributed by atoms with E-state index in [1.807, 2.05) is 0 Å². The number of anilines is 1. The smallest absolute Gasteiger partial charge is 0.292 e. The Bertz CT molecular complexity index is 495. The fourth-order valence-corrected chi connectivity index (χ4v) is 2.15. The van der Waals surface area contributed by atoms with Gasteiger partial charge in [0, 0.05) is 17.7 Å². The van der Waals surface area contributed by atoms with Gasteiger partial charge in [-0.15, -0.1) is 0 Å². The van der Waals surface area contributed by atoms with Crippen molar-refractivity contribution in [3.63, 3.8) is 0 Å². The lowest BCUT2D eigenvalue weighted by atomic mass is 9.82. The molecular formula is C12H15N3O3. The largest absolute Gasteiger partial charge is 0.393 e. The number of nitrogens with zero attached hydrogens (tertiary/aromatic N) is 1. The number of carbonyl (C=O) groups is 1. The number of hydrogen-bond donors (Lipinski definition) is 2. The fraction of sp³-hybridized carbons (Fsp3) is 0.417. The Balaban J connectivity index is 2.07. The molecule has 6 nitrogen and oxygen atoms in total. The van der Waals surface area contributed by atoms with Crippen molar-refractivity contribution in [1.82, 2.24) is 5.32 Å². The van der Waals surface area contributed by atoms with Crippen molar-refractivity contribution in [3.05, 3.63) is 33.9 Å². The first-order valence-corrected chi connectivity index (χ1v) is 5.82. The Morgan fingerprint density at radius 2 is 2.17 bits per heavy atom. The van der Waals surface area contributed by atoms with E-state index in [0.29, 0.717) is 11.5 Å². The molecule has 96 valence electrons. The zero-order valence-electron chi connectivity index (χ0n) is 10.1. The minimum Gasteiger partial charge on any atom is -0.393 e. The predicted molar refractivity (Wildman–Crippen MR) is 67.2 cm³/mol. The standard InChI is InChI=1S/C12H15N3O3/c1-7-4-9(5-7)14-12(16)8-2-3-11(15(17)18)10(13)6-8/h2-3,6-7,9H,4-5,13H2,1H3,(H,14,16). The molecule has 2 rings (SSSR count). The van der Waals surface area contributed by atoms with Crippen molar-refractivity contribution in [2.24, 2.45) is 5.92 Å². The summed E-state index contributed by atoms with van der Waals surface area (Å²) in [4.78, 5) is 21.9. The van der Waals surface area contributed by atoms with Gasteiger partial charge in [-0.3, -0.25) is 14.9 Å². The summed E-state index contributed by atoms with van der Waals surface area (Å²) in [6, 6.07) is 4.23. The highest BCUT2D eigenvalue weighted by molar-refractivity contribution is 5.96. The third kappa shape index (κ3) is 2.42. The molecule has 0 unspecified atom stereocenters. The van der Waals surface area contributed by atoms with E-state index < -0.39 is 4.92 Å². The number of nitrogens with one attached hydrogen (secondary N) is 1. The van der Waals surface area contributed by atoms with Crippen molar-refractivity contribution < 1.29 is 9.72 Å². The molecule has 18 heavy (non-hydrogen) atoms. The molecule has 0 saturated heterocycles. The summed E-state index contributed by atoms with van der Waals surface area (Å²) in [6.45, 7) is 2.13. The lowest BCUT2D eigenvalue weighted by Crippen LogP contribution is -2.43. The number of nitrogen functional groups attached to an aromatic ring is 1. The van der Waals surface area contributed by atoms with Crippen LogP contribution < -0.4 is 11.1 Å². The van der Waals surface area contributed by atoms with Crippen LogP contribution in [-0.4, -0.2) is 16.9 Å². The van der Waals surface area contributed by atoms with E-state index in [2.05, 4.69) is 12.2 Å². The second-order valence-corrected chi connectivity index (χ2v) is 4.78. The van der Waals surface area contributed by atoms with Crippen LogP contribution in [0.3, 0.4) is 0 Å². The molecular weight excluding hydrogens is 234 g/mol. The van der Waals surface area contributed by atoms with Crippen molar-refractivity contribution in [2.75, 3.05) is 5.73 Å². The molecule has 1 saturated carbocycles. The second-order valence-electron chi connectivity index (χ2n) is 4.78. The van der Waals surface area contributed by atoms with Gasteiger partial charge < -0.3 is 11.1 Å². The van der Waals surface area contributed by atoms with Gasteiger partial charge in [-0.2, -0.15) is 0 Å². The quantitative estimate of drug-likeness (QED) is 0.484. The molecule has 1 amide bonds. The fourth-order valence-electron chi connectivity index (χ4n) is 2.15. The topological polar surface area (TPSA) is 98.3 Å². The van der Waals surface area contributed by atoms with Gasteiger partial charge in [0.2, 0.25) is 0 Å². The number of benzene rings is 1. The number of nitrogens with two attached hydrogens (primary N) is 1. The van der Waals surface area contributed by atoms with Crippen LogP contribution in [-0.2, 0) is 0 Å². The summed E-state index contributed by atoms with van der Waals surface area (Å²) in [5.41, 5.74) is 5.73. The van der Waals surface area contributed by atoms with Gasteiger partial charge in [-0.05, 0) is 30.9 Å². The number of rotatable bonds is 3. The Morgan fingerprint density at radius 1 is 1.50 bits per heavy atom. The van der Waals surface area contributed by atoms with Crippen molar-refractivity contribution in [1.29, 1.82) is 0 Å². The first-order chi connectivity index (χ1) is 8.47. The SMILES string of the molecule is CC1CC(NC(=O)c2ccc([N+](=O)[O-])c(N)c2)C1. The molecule has 1 aliphatic rings. The molecule has 1 aromatic rings. The maximum atomic E-state index is 11.9. The molecule has 1 aromatic carbocycles. The van der Waals surface area contributed by atoms with Gasteiger partial charge in [0.1, 0.15) is 5.69 Å². The first-order valence-electron chi connectivity index (χ1n) is 5.82. The zero-order chi connectivity index (χ0) is 13.3. The van der Waals surface area contributed by atoms with E-state index >= 15 is 0 Å². The van der Waals surface area contributed by atoms with Gasteiger partial charge in [0.05, 0.1) is 4.92 Å². The molecule has 0 spiro atoms. The van der Waals surface area contributed by atoms with E-state index in [1.54, 1.807) is 0 Å². The van der Waals surface area contributed by atoms with E-state index in [0.717, 1.165) is 12.8 Å². The maximum absolute atomic E-state index is 11.9. The highest BCUT2D eigenvalue weighted by Gasteiger charge is 2.27. The Hall–Kier alpha value is -2.11. The van der Waals surface area contributed by atoms with Gasteiger partial charge in [-0.1, -0.05) is 6.92 Å². The van der Waals surface area contributed by atoms with Crippen molar-refractivity contribution in [3.8, 4) is 0 Å². The van der Waals surface area contributed by atoms with Crippen LogP contribution in [0.25, 0.3) is 0 Å². The average Bonchev–Trinajstić information content (AvgIpc) is 2.26. The lowest BCUT2D eigenvalue weighted by Gasteiger charge is -2.33. The van der Waals surface area contributed by atoms with Crippen LogP contribution in [0, 0.1) is 16.0 Å². The third-order valence-corrected chi connectivity index (χ3v) is 3.20. The molecule has 1 aliphatic carbocycles. The zero-order valence-corrected chi connectivity index (χ0v) is 10.1. The van der Waals surface area contributed by atoms with Crippen molar-refractivity contribution in [2.45, 2.75) is 25.8 Å². The number of nitro groups is 1. The molecule has 0 aromatic heterocycles. The first kappa shape index (κ1) is 12.3. The number of amides is 1. The van der Waals surface area contributed by atoms with E-state index in [4.69, 9.17) is 5.73 Å². The Morgan fingerprint density at radius 3 is 2.67 bits per heavy atom. The molecule has 0 bridgehead atoms. The van der Waals surface area contributed by atoms with Crippen LogP contribution in [0.2, 0.25) is 0 Å². The van der Waals surface area contributed by atoms with Crippen molar-refractivity contribution >= 4 is 17.3 Å². The predicted octanol–water partition coefficient (Wildman–Crippen LogP) is 1.71. The van der Waals surface area contributed by atoms with Crippen LogP contribution in [0.4, 0.5) is 11.4 Å². The molecule has 3 N–H and O–H groups in total. The third-order valence-electron chi connectivity index (χ3n) is 3.20. The minimum atomic E-state index is -0.565. The summed E-state index contributed by atoms with van der Waals surface area (Å²) in [5.74, 6) is 0.422. The second kappa shape index (κ2) is 4.64. The number of nitro benzene ring substituents is 1. The molecule has 0 aliphatic heterocycles. The van der Waals surface area contributed by atoms with Gasteiger partial charge in [0.25, 0.3) is 11.6 Å². The highest BCUT2D eigenvalue weighted by atomic mass is 16.6. The van der Waals surface area contributed by atoms with Gasteiger partial charge in [-0.25, -0.2) is 0 Å². The van der Waals surface area contributed by atoms with Crippen LogP contribution in [0.5, 0.6) is 0 Å². The highest BCUT2D eigenvalue weighted by Crippen LogP contribution is 2.27. The monoisotopic (exact) mass is 249 g/mol.